The van der Waals surface area contributed by atoms with E-state index in [9.17, 15) is 4.39 Å². The summed E-state index contributed by atoms with van der Waals surface area (Å²) in [6.07, 6.45) is 6.18. The zero-order valence-corrected chi connectivity index (χ0v) is 9.66. The molecule has 1 fully saturated rings. The Hall–Kier alpha value is -0.890. The minimum absolute atomic E-state index is 0.143. The molecule has 0 amide bonds. The largest absolute Gasteiger partial charge is 0.330 e. The zero-order chi connectivity index (χ0) is 11.4. The van der Waals surface area contributed by atoms with E-state index in [1.165, 1.54) is 31.2 Å². The van der Waals surface area contributed by atoms with Crippen LogP contribution in [-0.4, -0.2) is 6.54 Å². The molecule has 0 unspecified atom stereocenters. The summed E-state index contributed by atoms with van der Waals surface area (Å²) in [4.78, 5) is 0. The van der Waals surface area contributed by atoms with Gasteiger partial charge in [0.25, 0.3) is 0 Å². The van der Waals surface area contributed by atoms with Crippen molar-refractivity contribution in [2.45, 2.75) is 32.1 Å². The third kappa shape index (κ3) is 3.05. The maximum atomic E-state index is 12.7. The molecule has 2 heteroatoms. The van der Waals surface area contributed by atoms with E-state index < -0.39 is 0 Å². The SMILES string of the molecule is NC[C@H]1CC[C@@H](Cc2ccc(F)cc2)CC1. The second-order valence-corrected chi connectivity index (χ2v) is 4.95. The van der Waals surface area contributed by atoms with E-state index in [4.69, 9.17) is 5.73 Å². The molecule has 0 aliphatic heterocycles. The summed E-state index contributed by atoms with van der Waals surface area (Å²) >= 11 is 0. The van der Waals surface area contributed by atoms with Gasteiger partial charge in [-0.15, -0.1) is 0 Å². The smallest absolute Gasteiger partial charge is 0.123 e. The Morgan fingerprint density at radius 3 is 2.12 bits per heavy atom. The summed E-state index contributed by atoms with van der Waals surface area (Å²) in [5.41, 5.74) is 6.94. The lowest BCUT2D eigenvalue weighted by Gasteiger charge is -2.27. The van der Waals surface area contributed by atoms with Crippen LogP contribution in [0, 0.1) is 17.7 Å². The van der Waals surface area contributed by atoms with Crippen LogP contribution in [0.4, 0.5) is 4.39 Å². The molecule has 0 saturated heterocycles. The predicted octanol–water partition coefficient (Wildman–Crippen LogP) is 3.13. The van der Waals surface area contributed by atoms with E-state index in [2.05, 4.69) is 0 Å². The van der Waals surface area contributed by atoms with E-state index in [0.29, 0.717) is 0 Å². The molecule has 1 aromatic carbocycles. The first-order chi connectivity index (χ1) is 7.78. The molecule has 0 aromatic heterocycles. The van der Waals surface area contributed by atoms with E-state index in [1.807, 2.05) is 12.1 Å². The molecule has 88 valence electrons. The summed E-state index contributed by atoms with van der Waals surface area (Å²) in [5.74, 6) is 1.37. The highest BCUT2D eigenvalue weighted by Gasteiger charge is 2.20. The van der Waals surface area contributed by atoms with E-state index in [1.54, 1.807) is 12.1 Å². The first kappa shape index (κ1) is 11.6. The molecule has 0 radical (unpaired) electrons. The topological polar surface area (TPSA) is 26.0 Å². The van der Waals surface area contributed by atoms with E-state index in [0.717, 1.165) is 24.8 Å². The second-order valence-electron chi connectivity index (χ2n) is 4.95. The molecule has 2 N–H and O–H groups in total. The normalized spacial score (nSPS) is 25.6. The number of benzene rings is 1. The van der Waals surface area contributed by atoms with Gasteiger partial charge in [0.1, 0.15) is 5.82 Å². The van der Waals surface area contributed by atoms with E-state index >= 15 is 0 Å². The summed E-state index contributed by atoms with van der Waals surface area (Å²) < 4.78 is 12.7. The predicted molar refractivity (Wildman–Crippen MR) is 64.6 cm³/mol. The standard InChI is InChI=1S/C14H20FN/c15-14-7-5-12(6-8-14)9-11-1-3-13(10-16)4-2-11/h5-8,11,13H,1-4,9-10,16H2/t11-,13+. The number of rotatable bonds is 3. The van der Waals surface area contributed by atoms with Crippen molar-refractivity contribution in [3.05, 3.63) is 35.6 Å². The van der Waals surface area contributed by atoms with Gasteiger partial charge in [-0.3, -0.25) is 0 Å². The van der Waals surface area contributed by atoms with Gasteiger partial charge in [-0.1, -0.05) is 12.1 Å². The molecule has 0 atom stereocenters. The Balaban J connectivity index is 1.84. The Morgan fingerprint density at radius 1 is 1.00 bits per heavy atom. The van der Waals surface area contributed by atoms with Crippen LogP contribution >= 0.6 is 0 Å². The molecule has 2 rings (SSSR count). The molecule has 0 heterocycles. The third-order valence-electron chi connectivity index (χ3n) is 3.74. The Kier molecular flexibility index (Phi) is 3.94. The number of halogens is 1. The van der Waals surface area contributed by atoms with E-state index in [-0.39, 0.29) is 5.82 Å². The highest BCUT2D eigenvalue weighted by atomic mass is 19.1. The van der Waals surface area contributed by atoms with Crippen molar-refractivity contribution >= 4 is 0 Å². The maximum Gasteiger partial charge on any atom is 0.123 e. The van der Waals surface area contributed by atoms with Crippen LogP contribution in [0.15, 0.2) is 24.3 Å². The van der Waals surface area contributed by atoms with Crippen molar-refractivity contribution in [3.63, 3.8) is 0 Å². The zero-order valence-electron chi connectivity index (χ0n) is 9.66. The number of hydrogen-bond acceptors (Lipinski definition) is 1. The van der Waals surface area contributed by atoms with Crippen LogP contribution in [0.5, 0.6) is 0 Å². The van der Waals surface area contributed by atoms with Gasteiger partial charge in [-0.2, -0.15) is 0 Å². The third-order valence-corrected chi connectivity index (χ3v) is 3.74. The monoisotopic (exact) mass is 221 g/mol. The van der Waals surface area contributed by atoms with Crippen molar-refractivity contribution in [2.24, 2.45) is 17.6 Å². The lowest BCUT2D eigenvalue weighted by atomic mass is 9.79. The van der Waals surface area contributed by atoms with Crippen LogP contribution < -0.4 is 5.73 Å². The summed E-state index contributed by atoms with van der Waals surface area (Å²) in [5, 5.41) is 0. The molecular formula is C14H20FN. The van der Waals surface area contributed by atoms with Gasteiger partial charge >= 0.3 is 0 Å². The Morgan fingerprint density at radius 2 is 1.56 bits per heavy atom. The van der Waals surface area contributed by atoms with Crippen molar-refractivity contribution in [2.75, 3.05) is 6.54 Å². The van der Waals surface area contributed by atoms with Crippen molar-refractivity contribution < 1.29 is 4.39 Å². The van der Waals surface area contributed by atoms with Gasteiger partial charge in [-0.25, -0.2) is 4.39 Å². The first-order valence-corrected chi connectivity index (χ1v) is 6.22. The van der Waals surface area contributed by atoms with Crippen LogP contribution in [0.1, 0.15) is 31.2 Å². The molecule has 1 saturated carbocycles. The quantitative estimate of drug-likeness (QED) is 0.833. The molecule has 0 spiro atoms. The average molecular weight is 221 g/mol. The van der Waals surface area contributed by atoms with Crippen molar-refractivity contribution in [1.82, 2.24) is 0 Å². The maximum absolute atomic E-state index is 12.7. The highest BCUT2D eigenvalue weighted by molar-refractivity contribution is 5.16. The Labute approximate surface area is 96.9 Å². The summed E-state index contributed by atoms with van der Waals surface area (Å²) in [6.45, 7) is 0.837. The minimum atomic E-state index is -0.143. The fourth-order valence-corrected chi connectivity index (χ4v) is 2.63. The minimum Gasteiger partial charge on any atom is -0.330 e. The van der Waals surface area contributed by atoms with Crippen LogP contribution in [0.3, 0.4) is 0 Å². The molecule has 1 nitrogen and oxygen atoms in total. The van der Waals surface area contributed by atoms with Gasteiger partial charge in [0.15, 0.2) is 0 Å². The highest BCUT2D eigenvalue weighted by Crippen LogP contribution is 2.30. The second kappa shape index (κ2) is 5.44. The molecule has 16 heavy (non-hydrogen) atoms. The van der Waals surface area contributed by atoms with Gasteiger partial charge < -0.3 is 5.73 Å². The van der Waals surface area contributed by atoms with Gasteiger partial charge in [-0.05, 0) is 68.2 Å². The molecular weight excluding hydrogens is 201 g/mol. The number of nitrogens with two attached hydrogens (primary N) is 1. The fraction of sp³-hybridized carbons (Fsp3) is 0.571. The van der Waals surface area contributed by atoms with Crippen molar-refractivity contribution in [1.29, 1.82) is 0 Å². The van der Waals surface area contributed by atoms with Gasteiger partial charge in [0.2, 0.25) is 0 Å². The molecule has 1 aliphatic carbocycles. The number of hydrogen-bond donors (Lipinski definition) is 1. The van der Waals surface area contributed by atoms with Gasteiger partial charge in [0, 0.05) is 0 Å². The lowest BCUT2D eigenvalue weighted by molar-refractivity contribution is 0.278. The molecule has 1 aliphatic rings. The molecule has 0 bridgehead atoms. The Bertz CT molecular complexity index is 312. The lowest BCUT2D eigenvalue weighted by Crippen LogP contribution is -2.22. The van der Waals surface area contributed by atoms with Crippen LogP contribution in [0.2, 0.25) is 0 Å². The van der Waals surface area contributed by atoms with Gasteiger partial charge in [0.05, 0.1) is 0 Å². The molecule has 1 aromatic rings. The van der Waals surface area contributed by atoms with Crippen LogP contribution in [-0.2, 0) is 6.42 Å². The fourth-order valence-electron chi connectivity index (χ4n) is 2.63. The summed E-state index contributed by atoms with van der Waals surface area (Å²) in [6, 6.07) is 6.93. The van der Waals surface area contributed by atoms with Crippen molar-refractivity contribution in [3.8, 4) is 0 Å². The summed E-state index contributed by atoms with van der Waals surface area (Å²) in [7, 11) is 0. The average Bonchev–Trinajstić information content (AvgIpc) is 2.33. The first-order valence-electron chi connectivity index (χ1n) is 6.22. The van der Waals surface area contributed by atoms with Crippen LogP contribution in [0.25, 0.3) is 0 Å².